The lowest BCUT2D eigenvalue weighted by molar-refractivity contribution is 1.13. The maximum atomic E-state index is 4.94. The van der Waals surface area contributed by atoms with E-state index < -0.39 is 0 Å². The van der Waals surface area contributed by atoms with Gasteiger partial charge in [-0.1, -0.05) is 52.3 Å². The Balaban J connectivity index is 2.06. The molecular weight excluding hydrogens is 350 g/mol. The molecule has 0 saturated carbocycles. The van der Waals surface area contributed by atoms with Crippen molar-refractivity contribution >= 4 is 38.8 Å². The van der Waals surface area contributed by atoms with Gasteiger partial charge in [0, 0.05) is 28.8 Å². The van der Waals surface area contributed by atoms with Crippen LogP contribution in [0.2, 0.25) is 0 Å². The van der Waals surface area contributed by atoms with Crippen molar-refractivity contribution in [2.75, 3.05) is 11.9 Å². The van der Waals surface area contributed by atoms with E-state index in [-0.39, 0.29) is 0 Å². The molecule has 1 aromatic heterocycles. The van der Waals surface area contributed by atoms with Crippen molar-refractivity contribution in [1.29, 1.82) is 0 Å². The molecule has 3 aromatic rings. The minimum absolute atomic E-state index is 0.863. The highest BCUT2D eigenvalue weighted by Crippen LogP contribution is 2.38. The summed E-state index contributed by atoms with van der Waals surface area (Å²) in [4.78, 5) is 11.6. The molecule has 112 valence electrons. The van der Waals surface area contributed by atoms with Crippen LogP contribution in [0.3, 0.4) is 0 Å². The molecule has 1 aliphatic rings. The minimum atomic E-state index is 0.863. The number of hydrogen-bond acceptors (Lipinski definition) is 3. The second-order valence-corrected chi connectivity index (χ2v) is 6.22. The molecular formula is C19H14BrN3. The van der Waals surface area contributed by atoms with Gasteiger partial charge in [0.05, 0.1) is 11.4 Å². The number of rotatable bonds is 1. The Hall–Kier alpha value is -2.46. The van der Waals surface area contributed by atoms with Crippen molar-refractivity contribution in [3.8, 4) is 0 Å². The Morgan fingerprint density at radius 2 is 1.61 bits per heavy atom. The van der Waals surface area contributed by atoms with E-state index >= 15 is 0 Å². The first-order valence-corrected chi connectivity index (χ1v) is 8.17. The van der Waals surface area contributed by atoms with E-state index in [1.807, 2.05) is 49.5 Å². The van der Waals surface area contributed by atoms with Crippen LogP contribution in [0.15, 0.2) is 76.3 Å². The van der Waals surface area contributed by atoms with Crippen molar-refractivity contribution in [1.82, 2.24) is 4.98 Å². The molecule has 4 heteroatoms. The first-order valence-electron chi connectivity index (χ1n) is 7.37. The number of anilines is 2. The molecule has 2 heterocycles. The van der Waals surface area contributed by atoms with Gasteiger partial charge in [-0.15, -0.1) is 0 Å². The van der Waals surface area contributed by atoms with Crippen LogP contribution in [0.25, 0.3) is 0 Å². The molecule has 23 heavy (non-hydrogen) atoms. The summed E-state index contributed by atoms with van der Waals surface area (Å²) in [5, 5.41) is 0. The summed E-state index contributed by atoms with van der Waals surface area (Å²) in [6.45, 7) is 0. The molecule has 0 fully saturated rings. The second kappa shape index (κ2) is 5.63. The smallest absolute Gasteiger partial charge is 0.158 e. The van der Waals surface area contributed by atoms with Crippen LogP contribution in [-0.4, -0.2) is 17.7 Å². The number of halogens is 1. The number of aromatic nitrogens is 1. The van der Waals surface area contributed by atoms with Gasteiger partial charge < -0.3 is 4.90 Å². The highest BCUT2D eigenvalue weighted by molar-refractivity contribution is 9.10. The number of aliphatic imine (C=N–C) groups is 1. The third-order valence-electron chi connectivity index (χ3n) is 3.97. The Morgan fingerprint density at radius 1 is 0.870 bits per heavy atom. The van der Waals surface area contributed by atoms with Gasteiger partial charge in [0.15, 0.2) is 5.82 Å². The van der Waals surface area contributed by atoms with Crippen LogP contribution in [-0.2, 0) is 0 Å². The fourth-order valence-electron chi connectivity index (χ4n) is 2.85. The Kier molecular flexibility index (Phi) is 3.46. The molecule has 2 aromatic carbocycles. The van der Waals surface area contributed by atoms with E-state index in [2.05, 4.69) is 44.0 Å². The maximum absolute atomic E-state index is 4.94. The van der Waals surface area contributed by atoms with Crippen molar-refractivity contribution < 1.29 is 0 Å². The third kappa shape index (κ3) is 2.35. The van der Waals surface area contributed by atoms with Crippen LogP contribution in [0.1, 0.15) is 11.1 Å². The highest BCUT2D eigenvalue weighted by atomic mass is 79.9. The molecule has 1 aliphatic heterocycles. The van der Waals surface area contributed by atoms with Crippen LogP contribution in [0.5, 0.6) is 0 Å². The summed E-state index contributed by atoms with van der Waals surface area (Å²) in [6, 6.07) is 20.4. The van der Waals surface area contributed by atoms with Crippen LogP contribution in [0.4, 0.5) is 17.2 Å². The van der Waals surface area contributed by atoms with E-state index in [4.69, 9.17) is 4.99 Å². The molecule has 0 atom stereocenters. The Bertz CT molecular complexity index is 918. The molecule has 0 amide bonds. The van der Waals surface area contributed by atoms with Crippen LogP contribution in [0, 0.1) is 0 Å². The predicted octanol–water partition coefficient (Wildman–Crippen LogP) is 5.09. The predicted molar refractivity (Wildman–Crippen MR) is 98.2 cm³/mol. The summed E-state index contributed by atoms with van der Waals surface area (Å²) < 4.78 is 1.03. The number of nitrogens with zero attached hydrogens (tertiary/aromatic N) is 3. The molecule has 0 N–H and O–H groups in total. The third-order valence-corrected chi connectivity index (χ3v) is 4.66. The molecule has 0 aliphatic carbocycles. The summed E-state index contributed by atoms with van der Waals surface area (Å²) in [5.41, 5.74) is 5.09. The topological polar surface area (TPSA) is 28.5 Å². The lowest BCUT2D eigenvalue weighted by Crippen LogP contribution is -2.13. The van der Waals surface area contributed by atoms with E-state index in [9.17, 15) is 0 Å². The fraction of sp³-hybridized carbons (Fsp3) is 0.0526. The molecule has 3 nitrogen and oxygen atoms in total. The summed E-state index contributed by atoms with van der Waals surface area (Å²) >= 11 is 3.65. The minimum Gasteiger partial charge on any atom is -0.327 e. The summed E-state index contributed by atoms with van der Waals surface area (Å²) in [5.74, 6) is 0.863. The molecule has 0 bridgehead atoms. The Morgan fingerprint density at radius 3 is 2.43 bits per heavy atom. The first kappa shape index (κ1) is 14.2. The maximum Gasteiger partial charge on any atom is 0.158 e. The van der Waals surface area contributed by atoms with Gasteiger partial charge in [-0.2, -0.15) is 0 Å². The van der Waals surface area contributed by atoms with Gasteiger partial charge in [-0.3, -0.25) is 0 Å². The largest absolute Gasteiger partial charge is 0.327 e. The van der Waals surface area contributed by atoms with Gasteiger partial charge in [0.1, 0.15) is 5.69 Å². The van der Waals surface area contributed by atoms with Crippen molar-refractivity contribution in [2.24, 2.45) is 4.99 Å². The Labute approximate surface area is 143 Å². The summed E-state index contributed by atoms with van der Waals surface area (Å²) in [7, 11) is 2.03. The molecule has 0 saturated heterocycles. The number of para-hydroxylation sites is 1. The summed E-state index contributed by atoms with van der Waals surface area (Å²) in [6.07, 6.45) is 1.80. The van der Waals surface area contributed by atoms with Gasteiger partial charge in [0.25, 0.3) is 0 Å². The van der Waals surface area contributed by atoms with Gasteiger partial charge >= 0.3 is 0 Å². The number of hydrogen-bond donors (Lipinski definition) is 0. The van der Waals surface area contributed by atoms with Crippen LogP contribution >= 0.6 is 15.9 Å². The highest BCUT2D eigenvalue weighted by Gasteiger charge is 2.22. The molecule has 0 spiro atoms. The average molecular weight is 364 g/mol. The average Bonchev–Trinajstić information content (AvgIpc) is 2.72. The quantitative estimate of drug-likeness (QED) is 0.601. The first-order chi connectivity index (χ1) is 11.3. The normalized spacial score (nSPS) is 13.0. The monoisotopic (exact) mass is 363 g/mol. The van der Waals surface area contributed by atoms with Crippen molar-refractivity contribution in [3.63, 3.8) is 0 Å². The lowest BCUT2D eigenvalue weighted by Gasteiger charge is -2.20. The van der Waals surface area contributed by atoms with Gasteiger partial charge in [-0.25, -0.2) is 9.98 Å². The zero-order valence-electron chi connectivity index (χ0n) is 12.6. The molecule has 4 rings (SSSR count). The number of fused-ring (bicyclic) bond motifs is 2. The standard InChI is InChI=1S/C19H14BrN3/c1-23-17-11-5-3-8-14(17)18(13-7-2-4-9-15(13)20)22-16-10-6-12-21-19(16)23/h2-12H,1H3. The van der Waals surface area contributed by atoms with E-state index in [0.29, 0.717) is 0 Å². The van der Waals surface area contributed by atoms with E-state index in [1.54, 1.807) is 6.20 Å². The fourth-order valence-corrected chi connectivity index (χ4v) is 3.33. The van der Waals surface area contributed by atoms with Crippen LogP contribution < -0.4 is 4.90 Å². The zero-order valence-corrected chi connectivity index (χ0v) is 14.2. The SMILES string of the molecule is CN1c2ccccc2C(c2ccccc2Br)=Nc2cccnc21. The second-order valence-electron chi connectivity index (χ2n) is 5.36. The molecule has 0 unspecified atom stereocenters. The van der Waals surface area contributed by atoms with Gasteiger partial charge in [0.2, 0.25) is 0 Å². The van der Waals surface area contributed by atoms with Crippen molar-refractivity contribution in [3.05, 3.63) is 82.5 Å². The van der Waals surface area contributed by atoms with Gasteiger partial charge in [-0.05, 0) is 24.3 Å². The molecule has 0 radical (unpaired) electrons. The lowest BCUT2D eigenvalue weighted by atomic mass is 10.0. The number of pyridine rings is 1. The zero-order chi connectivity index (χ0) is 15.8. The van der Waals surface area contributed by atoms with Crippen molar-refractivity contribution in [2.45, 2.75) is 0 Å². The van der Waals surface area contributed by atoms with E-state index in [0.717, 1.165) is 38.5 Å². The van der Waals surface area contributed by atoms with E-state index in [1.165, 1.54) is 0 Å². The number of benzene rings is 2.